The van der Waals surface area contributed by atoms with Crippen molar-refractivity contribution in [3.05, 3.63) is 29.8 Å². The molecule has 2 rings (SSSR count). The van der Waals surface area contributed by atoms with Gasteiger partial charge in [0.1, 0.15) is 11.3 Å². The number of carbonyl (C=O) groups excluding carboxylic acids is 1. The molecule has 1 aromatic carbocycles. The average Bonchev–Trinajstić information content (AvgIpc) is 3.14. The standard InChI is InChI=1S/C13H16BrNO2/c1-9(10-2-3-10)15-13(16)11-4-6-12(7-5-11)17-8-14/h4-7,9-10H,2-3,8H2,1H3,(H,15,16). The average molecular weight is 298 g/mol. The van der Waals surface area contributed by atoms with Crippen molar-refractivity contribution in [1.29, 1.82) is 0 Å². The van der Waals surface area contributed by atoms with E-state index in [9.17, 15) is 4.79 Å². The lowest BCUT2D eigenvalue weighted by atomic mass is 10.1. The molecule has 1 fully saturated rings. The van der Waals surface area contributed by atoms with Crippen LogP contribution in [-0.4, -0.2) is 17.5 Å². The Balaban J connectivity index is 1.93. The van der Waals surface area contributed by atoms with E-state index in [2.05, 4.69) is 28.2 Å². The maximum atomic E-state index is 11.9. The van der Waals surface area contributed by atoms with Gasteiger partial charge >= 0.3 is 0 Å². The second-order valence-corrected chi connectivity index (χ2v) is 4.84. The van der Waals surface area contributed by atoms with E-state index in [-0.39, 0.29) is 11.9 Å². The van der Waals surface area contributed by atoms with Crippen LogP contribution in [-0.2, 0) is 0 Å². The molecule has 17 heavy (non-hydrogen) atoms. The van der Waals surface area contributed by atoms with Gasteiger partial charge in [-0.1, -0.05) is 0 Å². The Morgan fingerprint density at radius 3 is 2.65 bits per heavy atom. The second-order valence-electron chi connectivity index (χ2n) is 4.38. The summed E-state index contributed by atoms with van der Waals surface area (Å²) in [6, 6.07) is 7.46. The van der Waals surface area contributed by atoms with E-state index >= 15 is 0 Å². The molecule has 4 heteroatoms. The molecule has 3 nitrogen and oxygen atoms in total. The fraction of sp³-hybridized carbons (Fsp3) is 0.462. The predicted molar refractivity (Wildman–Crippen MR) is 70.5 cm³/mol. The molecule has 0 heterocycles. The van der Waals surface area contributed by atoms with E-state index in [1.165, 1.54) is 12.8 Å². The number of ether oxygens (including phenoxy) is 1. The van der Waals surface area contributed by atoms with Crippen LogP contribution < -0.4 is 10.1 Å². The van der Waals surface area contributed by atoms with Crippen LogP contribution >= 0.6 is 15.9 Å². The van der Waals surface area contributed by atoms with Crippen LogP contribution in [0.5, 0.6) is 5.75 Å². The van der Waals surface area contributed by atoms with Crippen LogP contribution in [0.2, 0.25) is 0 Å². The SMILES string of the molecule is CC(NC(=O)c1ccc(OCBr)cc1)C1CC1. The van der Waals surface area contributed by atoms with Crippen molar-refractivity contribution in [2.24, 2.45) is 5.92 Å². The van der Waals surface area contributed by atoms with Gasteiger partial charge in [-0.05, 0) is 65.9 Å². The summed E-state index contributed by atoms with van der Waals surface area (Å²) in [5, 5.41) is 3.02. The largest absolute Gasteiger partial charge is 0.482 e. The monoisotopic (exact) mass is 297 g/mol. The molecule has 0 aliphatic heterocycles. The van der Waals surface area contributed by atoms with Crippen molar-refractivity contribution in [1.82, 2.24) is 5.32 Å². The highest BCUT2D eigenvalue weighted by Crippen LogP contribution is 2.32. The second kappa shape index (κ2) is 5.54. The maximum absolute atomic E-state index is 11.9. The molecule has 1 aromatic rings. The fourth-order valence-electron chi connectivity index (χ4n) is 1.77. The summed E-state index contributed by atoms with van der Waals surface area (Å²) in [4.78, 5) is 11.9. The Hall–Kier alpha value is -1.03. The summed E-state index contributed by atoms with van der Waals surface area (Å²) >= 11 is 3.19. The fourth-order valence-corrected chi connectivity index (χ4v) is 2.03. The lowest BCUT2D eigenvalue weighted by Crippen LogP contribution is -2.33. The van der Waals surface area contributed by atoms with Crippen LogP contribution in [0.1, 0.15) is 30.1 Å². The Morgan fingerprint density at radius 2 is 2.12 bits per heavy atom. The number of amides is 1. The van der Waals surface area contributed by atoms with E-state index < -0.39 is 0 Å². The minimum atomic E-state index is -0.00482. The number of hydrogen-bond acceptors (Lipinski definition) is 2. The summed E-state index contributed by atoms with van der Waals surface area (Å²) in [5.74, 6) is 1.43. The number of hydrogen-bond donors (Lipinski definition) is 1. The molecule has 0 aromatic heterocycles. The predicted octanol–water partition coefficient (Wildman–Crippen LogP) is 2.95. The van der Waals surface area contributed by atoms with Crippen LogP contribution in [0.15, 0.2) is 24.3 Å². The Bertz CT molecular complexity index is 387. The Kier molecular flexibility index (Phi) is 4.05. The highest BCUT2D eigenvalue weighted by Gasteiger charge is 2.28. The number of halogens is 1. The van der Waals surface area contributed by atoms with Gasteiger partial charge in [-0.15, -0.1) is 0 Å². The summed E-state index contributed by atoms with van der Waals surface area (Å²) in [6.45, 7) is 2.07. The normalized spacial score (nSPS) is 16.4. The van der Waals surface area contributed by atoms with Gasteiger partial charge in [-0.25, -0.2) is 0 Å². The van der Waals surface area contributed by atoms with Crippen molar-refractivity contribution >= 4 is 21.8 Å². The first-order chi connectivity index (χ1) is 8.20. The molecule has 1 N–H and O–H groups in total. The summed E-state index contributed by atoms with van der Waals surface area (Å²) in [7, 11) is 0. The summed E-state index contributed by atoms with van der Waals surface area (Å²) in [6.07, 6.45) is 2.47. The van der Waals surface area contributed by atoms with E-state index in [1.54, 1.807) is 24.3 Å². The Morgan fingerprint density at radius 1 is 1.47 bits per heavy atom. The van der Waals surface area contributed by atoms with Gasteiger partial charge < -0.3 is 10.1 Å². The minimum Gasteiger partial charge on any atom is -0.482 e. The van der Waals surface area contributed by atoms with E-state index in [1.807, 2.05) is 0 Å². The van der Waals surface area contributed by atoms with Crippen LogP contribution in [0, 0.1) is 5.92 Å². The van der Waals surface area contributed by atoms with E-state index in [0.717, 1.165) is 5.75 Å². The lowest BCUT2D eigenvalue weighted by Gasteiger charge is -2.12. The zero-order valence-corrected chi connectivity index (χ0v) is 11.4. The van der Waals surface area contributed by atoms with E-state index in [0.29, 0.717) is 17.0 Å². The summed E-state index contributed by atoms with van der Waals surface area (Å²) in [5.41, 5.74) is 1.14. The molecule has 0 saturated heterocycles. The lowest BCUT2D eigenvalue weighted by molar-refractivity contribution is 0.0936. The Labute approximate surface area is 110 Å². The van der Waals surface area contributed by atoms with Gasteiger partial charge in [-0.3, -0.25) is 4.79 Å². The van der Waals surface area contributed by atoms with Gasteiger partial charge in [0, 0.05) is 11.6 Å². The highest BCUT2D eigenvalue weighted by atomic mass is 79.9. The zero-order valence-electron chi connectivity index (χ0n) is 9.78. The molecule has 0 bridgehead atoms. The van der Waals surface area contributed by atoms with Crippen LogP contribution in [0.4, 0.5) is 0 Å². The number of rotatable bonds is 5. The molecule has 1 aliphatic rings. The number of benzene rings is 1. The third-order valence-electron chi connectivity index (χ3n) is 3.03. The van der Waals surface area contributed by atoms with Crippen molar-refractivity contribution in [2.75, 3.05) is 5.52 Å². The van der Waals surface area contributed by atoms with Gasteiger partial charge in [-0.2, -0.15) is 0 Å². The first kappa shape index (κ1) is 12.4. The molecule has 1 aliphatic carbocycles. The van der Waals surface area contributed by atoms with Crippen molar-refractivity contribution < 1.29 is 9.53 Å². The number of nitrogens with one attached hydrogen (secondary N) is 1. The third-order valence-corrected chi connectivity index (χ3v) is 3.25. The van der Waals surface area contributed by atoms with Crippen molar-refractivity contribution in [3.8, 4) is 5.75 Å². The van der Waals surface area contributed by atoms with Crippen LogP contribution in [0.3, 0.4) is 0 Å². The molecular weight excluding hydrogens is 282 g/mol. The van der Waals surface area contributed by atoms with Crippen LogP contribution in [0.25, 0.3) is 0 Å². The molecule has 0 radical (unpaired) electrons. The first-order valence-electron chi connectivity index (χ1n) is 5.80. The van der Waals surface area contributed by atoms with Crippen molar-refractivity contribution in [2.45, 2.75) is 25.8 Å². The molecule has 1 saturated carbocycles. The van der Waals surface area contributed by atoms with E-state index in [4.69, 9.17) is 4.74 Å². The molecule has 1 atom stereocenters. The molecule has 1 unspecified atom stereocenters. The molecule has 1 amide bonds. The maximum Gasteiger partial charge on any atom is 0.251 e. The molecular formula is C13H16BrNO2. The van der Waals surface area contributed by atoms with Gasteiger partial charge in [0.2, 0.25) is 0 Å². The number of alkyl halides is 1. The van der Waals surface area contributed by atoms with Gasteiger partial charge in [0.15, 0.2) is 0 Å². The highest BCUT2D eigenvalue weighted by molar-refractivity contribution is 9.09. The first-order valence-corrected chi connectivity index (χ1v) is 6.92. The third kappa shape index (κ3) is 3.46. The van der Waals surface area contributed by atoms with Gasteiger partial charge in [0.05, 0.1) is 0 Å². The topological polar surface area (TPSA) is 38.3 Å². The van der Waals surface area contributed by atoms with Gasteiger partial charge in [0.25, 0.3) is 5.91 Å². The minimum absolute atomic E-state index is 0.00482. The smallest absolute Gasteiger partial charge is 0.251 e. The summed E-state index contributed by atoms with van der Waals surface area (Å²) < 4.78 is 5.25. The molecule has 0 spiro atoms. The quantitative estimate of drug-likeness (QED) is 0.849. The zero-order chi connectivity index (χ0) is 12.3. The number of carbonyl (C=O) groups is 1. The van der Waals surface area contributed by atoms with Crippen molar-refractivity contribution in [3.63, 3.8) is 0 Å². The molecule has 92 valence electrons.